The van der Waals surface area contributed by atoms with E-state index in [9.17, 15) is 9.90 Å². The Hall–Kier alpha value is -1.65. The molecule has 0 saturated heterocycles. The zero-order chi connectivity index (χ0) is 38.4. The lowest BCUT2D eigenvalue weighted by molar-refractivity contribution is -0.154. The molecule has 0 aliphatic rings. The number of unbranched alkanes of at least 4 members (excludes halogenated alkanes) is 27. The number of ether oxygens (including phenoxy) is 2. The van der Waals surface area contributed by atoms with E-state index in [1.54, 1.807) is 0 Å². The minimum Gasteiger partial charge on any atom is -0.457 e. The molecule has 0 aromatic rings. The van der Waals surface area contributed by atoms with Crippen LogP contribution in [0.5, 0.6) is 0 Å². The van der Waals surface area contributed by atoms with Crippen molar-refractivity contribution in [3.63, 3.8) is 0 Å². The van der Waals surface area contributed by atoms with E-state index in [-0.39, 0.29) is 12.6 Å². The van der Waals surface area contributed by atoms with Gasteiger partial charge >= 0.3 is 5.97 Å². The lowest BCUT2D eigenvalue weighted by Gasteiger charge is -2.16. The lowest BCUT2D eigenvalue weighted by atomic mass is 10.0. The molecule has 0 rings (SSSR count). The fourth-order valence-corrected chi connectivity index (χ4v) is 6.69. The Morgan fingerprint density at radius 3 is 1.30 bits per heavy atom. The van der Waals surface area contributed by atoms with Crippen LogP contribution in [0.3, 0.4) is 0 Å². The first-order valence-corrected chi connectivity index (χ1v) is 23.2. The van der Waals surface area contributed by atoms with Gasteiger partial charge in [0.2, 0.25) is 0 Å². The summed E-state index contributed by atoms with van der Waals surface area (Å²) in [5, 5.41) is 9.62. The maximum Gasteiger partial charge on any atom is 0.306 e. The summed E-state index contributed by atoms with van der Waals surface area (Å²) in [6.07, 6.45) is 60.4. The van der Waals surface area contributed by atoms with Crippen LogP contribution in [0.1, 0.15) is 232 Å². The van der Waals surface area contributed by atoms with Crippen LogP contribution < -0.4 is 0 Å². The lowest BCUT2D eigenvalue weighted by Crippen LogP contribution is -2.27. The van der Waals surface area contributed by atoms with E-state index in [1.807, 2.05) is 0 Å². The molecule has 310 valence electrons. The predicted molar refractivity (Wildman–Crippen MR) is 233 cm³/mol. The van der Waals surface area contributed by atoms with Crippen LogP contribution >= 0.6 is 0 Å². The van der Waals surface area contributed by atoms with E-state index < -0.39 is 6.10 Å². The first-order valence-electron chi connectivity index (χ1n) is 23.2. The molecule has 1 unspecified atom stereocenters. The highest BCUT2D eigenvalue weighted by molar-refractivity contribution is 5.69. The van der Waals surface area contributed by atoms with Gasteiger partial charge in [-0.25, -0.2) is 0 Å². The molecule has 0 aliphatic carbocycles. The number of hydrogen-bond acceptors (Lipinski definition) is 4. The van der Waals surface area contributed by atoms with Crippen molar-refractivity contribution in [2.75, 3.05) is 19.8 Å². The van der Waals surface area contributed by atoms with Gasteiger partial charge < -0.3 is 14.6 Å². The van der Waals surface area contributed by atoms with Gasteiger partial charge in [0.25, 0.3) is 0 Å². The van der Waals surface area contributed by atoms with Crippen molar-refractivity contribution < 1.29 is 19.4 Å². The van der Waals surface area contributed by atoms with Gasteiger partial charge in [-0.2, -0.15) is 0 Å². The number of esters is 1. The number of hydrogen-bond donors (Lipinski definition) is 1. The van der Waals surface area contributed by atoms with Gasteiger partial charge in [0.15, 0.2) is 0 Å². The second-order valence-corrected chi connectivity index (χ2v) is 15.4. The highest BCUT2D eigenvalue weighted by Crippen LogP contribution is 2.15. The van der Waals surface area contributed by atoms with Gasteiger partial charge in [-0.05, 0) is 70.6 Å². The first-order chi connectivity index (χ1) is 26.2. The third-order valence-corrected chi connectivity index (χ3v) is 10.1. The Bertz CT molecular complexity index is 828. The van der Waals surface area contributed by atoms with Gasteiger partial charge in [-0.3, -0.25) is 4.79 Å². The van der Waals surface area contributed by atoms with Crippen molar-refractivity contribution in [3.8, 4) is 0 Å². The van der Waals surface area contributed by atoms with Crippen LogP contribution in [0.2, 0.25) is 0 Å². The van der Waals surface area contributed by atoms with E-state index in [4.69, 9.17) is 9.47 Å². The van der Waals surface area contributed by atoms with Crippen LogP contribution in [-0.4, -0.2) is 37.0 Å². The standard InChI is InChI=1S/C49H90O4/c1-3-5-7-9-11-13-15-17-19-21-23-24-25-26-27-28-30-32-34-36-38-40-42-44-49(51)53-48(46-50)47-52-45-43-41-39-37-35-33-31-29-22-20-18-16-14-12-10-8-6-4-2/h6,8,12,14,18,20-21,23,48,50H,3-5,7,9-11,13,15-17,19,22,24-47H2,1-2H3/b8-6-,14-12-,20-18-,23-21-. The Labute approximate surface area is 331 Å². The van der Waals surface area contributed by atoms with E-state index >= 15 is 0 Å². The summed E-state index contributed by atoms with van der Waals surface area (Å²) in [7, 11) is 0. The molecule has 0 aromatic heterocycles. The average molecular weight is 743 g/mol. The molecule has 0 spiro atoms. The second kappa shape index (κ2) is 46.5. The fraction of sp³-hybridized carbons (Fsp3) is 0.816. The van der Waals surface area contributed by atoms with Gasteiger partial charge in [0, 0.05) is 13.0 Å². The van der Waals surface area contributed by atoms with Gasteiger partial charge in [-0.1, -0.05) is 204 Å². The molecule has 0 aliphatic heterocycles. The molecule has 4 nitrogen and oxygen atoms in total. The molecule has 0 amide bonds. The van der Waals surface area contributed by atoms with Crippen molar-refractivity contribution in [2.45, 2.75) is 238 Å². The largest absolute Gasteiger partial charge is 0.457 e. The van der Waals surface area contributed by atoms with E-state index in [2.05, 4.69) is 62.5 Å². The molecule has 0 radical (unpaired) electrons. The highest BCUT2D eigenvalue weighted by Gasteiger charge is 2.13. The molecule has 0 bridgehead atoms. The number of allylic oxidation sites excluding steroid dienone is 8. The van der Waals surface area contributed by atoms with Gasteiger partial charge in [0.1, 0.15) is 6.10 Å². The zero-order valence-electron chi connectivity index (χ0n) is 35.5. The third-order valence-electron chi connectivity index (χ3n) is 10.1. The quantitative estimate of drug-likeness (QED) is 0.0384. The minimum atomic E-state index is -0.539. The van der Waals surface area contributed by atoms with E-state index in [0.717, 1.165) is 38.5 Å². The Kier molecular flexibility index (Phi) is 45.1. The van der Waals surface area contributed by atoms with Crippen molar-refractivity contribution in [3.05, 3.63) is 48.6 Å². The van der Waals surface area contributed by atoms with Crippen molar-refractivity contribution in [1.29, 1.82) is 0 Å². The molecular weight excluding hydrogens is 653 g/mol. The van der Waals surface area contributed by atoms with Crippen LogP contribution in [0, 0.1) is 0 Å². The van der Waals surface area contributed by atoms with Crippen molar-refractivity contribution in [1.82, 2.24) is 0 Å². The SMILES string of the molecule is CC/C=C\C/C=C\C/C=C\CCCCCCCCCCOCC(CO)OC(=O)CCCCCCCCCCCCC/C=C\CCCCCCCCCC. The molecular formula is C49H90O4. The molecule has 1 atom stereocenters. The van der Waals surface area contributed by atoms with Crippen LogP contribution in [0.4, 0.5) is 0 Å². The number of carbonyl (C=O) groups excluding carboxylic acids is 1. The normalized spacial score (nSPS) is 12.7. The Morgan fingerprint density at radius 1 is 0.472 bits per heavy atom. The summed E-state index contributed by atoms with van der Waals surface area (Å²) in [5.74, 6) is -0.203. The molecule has 1 N–H and O–H groups in total. The number of rotatable bonds is 43. The first kappa shape index (κ1) is 51.4. The molecule has 4 heteroatoms. The van der Waals surface area contributed by atoms with Gasteiger partial charge in [0.05, 0.1) is 13.2 Å². The van der Waals surface area contributed by atoms with Crippen LogP contribution in [0.15, 0.2) is 48.6 Å². The predicted octanol–water partition coefficient (Wildman–Crippen LogP) is 15.4. The average Bonchev–Trinajstić information content (AvgIpc) is 3.16. The summed E-state index contributed by atoms with van der Waals surface area (Å²) in [6, 6.07) is 0. The van der Waals surface area contributed by atoms with E-state index in [1.165, 1.54) is 173 Å². The van der Waals surface area contributed by atoms with Crippen molar-refractivity contribution >= 4 is 5.97 Å². The summed E-state index contributed by atoms with van der Waals surface area (Å²) in [4.78, 5) is 12.2. The second-order valence-electron chi connectivity index (χ2n) is 15.4. The van der Waals surface area contributed by atoms with E-state index in [0.29, 0.717) is 19.6 Å². The minimum absolute atomic E-state index is 0.175. The smallest absolute Gasteiger partial charge is 0.306 e. The number of aliphatic hydroxyl groups is 1. The zero-order valence-corrected chi connectivity index (χ0v) is 35.5. The molecule has 0 fully saturated rings. The Morgan fingerprint density at radius 2 is 0.849 bits per heavy atom. The van der Waals surface area contributed by atoms with Gasteiger partial charge in [-0.15, -0.1) is 0 Å². The van der Waals surface area contributed by atoms with Crippen molar-refractivity contribution in [2.24, 2.45) is 0 Å². The summed E-state index contributed by atoms with van der Waals surface area (Å²) >= 11 is 0. The topological polar surface area (TPSA) is 55.8 Å². The maximum absolute atomic E-state index is 12.2. The van der Waals surface area contributed by atoms with Crippen LogP contribution in [-0.2, 0) is 14.3 Å². The molecule has 0 saturated carbocycles. The number of carbonyl (C=O) groups is 1. The summed E-state index contributed by atoms with van der Waals surface area (Å²) in [6.45, 7) is 5.24. The summed E-state index contributed by atoms with van der Waals surface area (Å²) < 4.78 is 11.2. The monoisotopic (exact) mass is 743 g/mol. The third kappa shape index (κ3) is 44.6. The summed E-state index contributed by atoms with van der Waals surface area (Å²) in [5.41, 5.74) is 0. The highest BCUT2D eigenvalue weighted by atomic mass is 16.6. The maximum atomic E-state index is 12.2. The Balaban J connectivity index is 3.41. The van der Waals surface area contributed by atoms with Crippen LogP contribution in [0.25, 0.3) is 0 Å². The fourth-order valence-electron chi connectivity index (χ4n) is 6.69. The molecule has 53 heavy (non-hydrogen) atoms. The molecule has 0 heterocycles. The number of aliphatic hydroxyl groups excluding tert-OH is 1. The molecule has 0 aromatic carbocycles.